The Balaban J connectivity index is 1.58. The first kappa shape index (κ1) is 16.9. The van der Waals surface area contributed by atoms with Gasteiger partial charge in [-0.1, -0.05) is 0 Å². The van der Waals surface area contributed by atoms with E-state index in [4.69, 9.17) is 12.2 Å². The first-order chi connectivity index (χ1) is 9.76. The van der Waals surface area contributed by atoms with Crippen LogP contribution < -0.4 is 16.0 Å². The Morgan fingerprint density at radius 3 is 2.33 bits per heavy atom. The minimum Gasteiger partial charge on any atom is -0.359 e. The number of nitrogens with two attached hydrogens (primary N) is 1. The first-order valence-corrected chi connectivity index (χ1v) is 11.1. The molecule has 0 saturated carbocycles. The van der Waals surface area contributed by atoms with Gasteiger partial charge < -0.3 is 16.0 Å². The quantitative estimate of drug-likeness (QED) is 0.366. The monoisotopic (exact) mass is 356 g/mol. The summed E-state index contributed by atoms with van der Waals surface area (Å²) >= 11 is 5.12. The Morgan fingerprint density at radius 2 is 1.76 bits per heavy atom. The molecule has 0 unspecified atom stereocenters. The van der Waals surface area contributed by atoms with Gasteiger partial charge in [0.1, 0.15) is 11.8 Å². The topological polar surface area (TPSA) is 109 Å². The molecule has 4 N–H and O–H groups in total. The Hall–Kier alpha value is -0.450. The second-order valence-electron chi connectivity index (χ2n) is 5.69. The lowest BCUT2D eigenvalue weighted by Crippen LogP contribution is -2.91. The van der Waals surface area contributed by atoms with Crippen molar-refractivity contribution in [3.05, 3.63) is 0 Å². The third-order valence-corrected chi connectivity index (χ3v) is 7.59. The molecule has 2 saturated heterocycles. The molecule has 0 aromatic heterocycles. The maximum Gasteiger partial charge on any atom is 0.166 e. The Labute approximate surface area is 131 Å². The summed E-state index contributed by atoms with van der Waals surface area (Å²) in [7, 11) is -5.72. The lowest BCUT2D eigenvalue weighted by atomic mass is 10.2. The molecule has 0 aromatic carbocycles. The molecule has 10 heteroatoms. The van der Waals surface area contributed by atoms with Gasteiger partial charge in [-0.25, -0.2) is 16.8 Å². The third-order valence-electron chi connectivity index (χ3n) is 3.77. The van der Waals surface area contributed by atoms with Crippen LogP contribution >= 0.6 is 12.2 Å². The van der Waals surface area contributed by atoms with Gasteiger partial charge in [0.2, 0.25) is 0 Å². The van der Waals surface area contributed by atoms with E-state index in [2.05, 4.69) is 10.6 Å². The first-order valence-electron chi connectivity index (χ1n) is 7.04. The average molecular weight is 357 g/mol. The second kappa shape index (κ2) is 6.76. The van der Waals surface area contributed by atoms with Crippen molar-refractivity contribution < 1.29 is 22.2 Å². The summed E-state index contributed by atoms with van der Waals surface area (Å²) < 4.78 is 45.3. The molecule has 21 heavy (non-hydrogen) atoms. The highest BCUT2D eigenvalue weighted by molar-refractivity contribution is 7.91. The lowest BCUT2D eigenvalue weighted by Gasteiger charge is -2.15. The van der Waals surface area contributed by atoms with Crippen LogP contribution in [0.15, 0.2) is 0 Å². The van der Waals surface area contributed by atoms with Crippen molar-refractivity contribution in [1.82, 2.24) is 10.6 Å². The highest BCUT2D eigenvalue weighted by Gasteiger charge is 2.30. The van der Waals surface area contributed by atoms with Crippen LogP contribution in [0.25, 0.3) is 0 Å². The molecule has 0 aromatic rings. The number of sulfone groups is 2. The van der Waals surface area contributed by atoms with E-state index < -0.39 is 19.7 Å². The normalized spacial score (nSPS) is 30.1. The van der Waals surface area contributed by atoms with Crippen LogP contribution in [0.3, 0.4) is 0 Å². The predicted octanol–water partition coefficient (Wildman–Crippen LogP) is -2.61. The van der Waals surface area contributed by atoms with Gasteiger partial charge in [-0.3, -0.25) is 0 Å². The van der Waals surface area contributed by atoms with Crippen molar-refractivity contribution in [2.45, 2.75) is 24.9 Å². The number of rotatable bonds is 5. The molecule has 122 valence electrons. The van der Waals surface area contributed by atoms with Gasteiger partial charge in [-0.05, 0) is 18.6 Å². The van der Waals surface area contributed by atoms with Crippen molar-refractivity contribution in [3.63, 3.8) is 0 Å². The molecule has 0 amide bonds. The summed E-state index contributed by atoms with van der Waals surface area (Å²) in [6, 6.07) is 0.0530. The maximum atomic E-state index is 11.3. The van der Waals surface area contributed by atoms with Gasteiger partial charge in [-0.15, -0.1) is 0 Å². The molecule has 0 radical (unpaired) electrons. The number of hydrogen-bond donors (Lipinski definition) is 3. The van der Waals surface area contributed by atoms with Crippen LogP contribution in [0.4, 0.5) is 0 Å². The maximum absolute atomic E-state index is 11.3. The predicted molar refractivity (Wildman–Crippen MR) is 84.6 cm³/mol. The zero-order valence-electron chi connectivity index (χ0n) is 11.7. The fourth-order valence-electron chi connectivity index (χ4n) is 2.66. The van der Waals surface area contributed by atoms with Crippen molar-refractivity contribution in [1.29, 1.82) is 0 Å². The number of hydrogen-bond acceptors (Lipinski definition) is 5. The molecule has 0 bridgehead atoms. The lowest BCUT2D eigenvalue weighted by molar-refractivity contribution is -0.682. The van der Waals surface area contributed by atoms with Crippen molar-refractivity contribution >= 4 is 37.0 Å². The zero-order valence-corrected chi connectivity index (χ0v) is 14.2. The highest BCUT2D eigenvalue weighted by Crippen LogP contribution is 2.10. The Kier molecular flexibility index (Phi) is 5.44. The van der Waals surface area contributed by atoms with Crippen LogP contribution in [-0.2, 0) is 19.7 Å². The summed E-state index contributed by atoms with van der Waals surface area (Å²) in [5.74, 6) is 0.908. The summed E-state index contributed by atoms with van der Waals surface area (Å²) in [5.41, 5.74) is 0. The van der Waals surface area contributed by atoms with Crippen LogP contribution in [0, 0.1) is 0 Å². The highest BCUT2D eigenvalue weighted by atomic mass is 32.2. The fraction of sp³-hybridized carbons (Fsp3) is 0.909. The molecule has 2 atom stereocenters. The average Bonchev–Trinajstić information content (AvgIpc) is 2.87. The summed E-state index contributed by atoms with van der Waals surface area (Å²) in [5, 5.41) is 8.52. The van der Waals surface area contributed by atoms with Gasteiger partial charge in [-0.2, -0.15) is 0 Å². The zero-order chi connectivity index (χ0) is 15.5. The van der Waals surface area contributed by atoms with E-state index in [1.54, 1.807) is 0 Å². The van der Waals surface area contributed by atoms with Crippen molar-refractivity contribution in [2.75, 3.05) is 36.1 Å². The molecule has 0 spiro atoms. The summed E-state index contributed by atoms with van der Waals surface area (Å²) in [6.07, 6.45) is 1.31. The van der Waals surface area contributed by atoms with Gasteiger partial charge in [0.15, 0.2) is 24.8 Å². The van der Waals surface area contributed by atoms with E-state index >= 15 is 0 Å². The Morgan fingerprint density at radius 1 is 1.10 bits per heavy atom. The minimum atomic E-state index is -2.90. The fourth-order valence-corrected chi connectivity index (χ4v) is 6.39. The largest absolute Gasteiger partial charge is 0.359 e. The standard InChI is InChI=1S/C11H21N3O4S3/c15-20(16)5-1-9(7-20)12-3-4-13-11(19)14-10-2-6-21(17,18)8-10/h9-10,12H,1-8H2,(H2,13,14,19)/p+1/t9-,10-/m1/s1. The Bertz CT molecular complexity index is 588. The van der Waals surface area contributed by atoms with E-state index in [-0.39, 0.29) is 35.1 Å². The van der Waals surface area contributed by atoms with E-state index in [9.17, 15) is 16.8 Å². The van der Waals surface area contributed by atoms with Crippen molar-refractivity contribution in [2.24, 2.45) is 0 Å². The van der Waals surface area contributed by atoms with Crippen molar-refractivity contribution in [3.8, 4) is 0 Å². The van der Waals surface area contributed by atoms with E-state index in [1.807, 2.05) is 5.32 Å². The minimum absolute atomic E-state index is 0.0982. The van der Waals surface area contributed by atoms with Crippen LogP contribution in [0.2, 0.25) is 0 Å². The van der Waals surface area contributed by atoms with Crippen LogP contribution in [0.1, 0.15) is 12.8 Å². The van der Waals surface area contributed by atoms with Crippen LogP contribution in [-0.4, -0.2) is 70.1 Å². The molecule has 2 heterocycles. The van der Waals surface area contributed by atoms with E-state index in [1.165, 1.54) is 0 Å². The number of thiocarbonyl (C=S) groups is 1. The number of nitrogens with one attached hydrogen (secondary N) is 2. The molecule has 0 aliphatic carbocycles. The van der Waals surface area contributed by atoms with Gasteiger partial charge in [0.25, 0.3) is 0 Å². The smallest absolute Gasteiger partial charge is 0.166 e. The van der Waals surface area contributed by atoms with E-state index in [0.29, 0.717) is 24.5 Å². The molecule has 7 nitrogen and oxygen atoms in total. The molecule has 2 fully saturated rings. The van der Waals surface area contributed by atoms with Crippen LogP contribution in [0.5, 0.6) is 0 Å². The molecular formula is C11H22N3O4S3+. The third kappa shape index (κ3) is 5.68. The molecule has 2 rings (SSSR count). The number of quaternary nitrogens is 1. The van der Waals surface area contributed by atoms with E-state index in [0.717, 1.165) is 6.54 Å². The molecule has 2 aliphatic rings. The second-order valence-corrected chi connectivity index (χ2v) is 10.6. The summed E-state index contributed by atoms with van der Waals surface area (Å²) in [6.45, 7) is 1.37. The van der Waals surface area contributed by atoms with Gasteiger partial charge >= 0.3 is 0 Å². The van der Waals surface area contributed by atoms with Gasteiger partial charge in [0, 0.05) is 12.5 Å². The van der Waals surface area contributed by atoms with Gasteiger partial charge in [0.05, 0.1) is 30.3 Å². The SMILES string of the molecule is O=S1(=O)CC[C@@H](NC(=S)NCC[NH2+][C@@H]2CCS(=O)(=O)C2)C1. The summed E-state index contributed by atoms with van der Waals surface area (Å²) in [4.78, 5) is 0. The molecule has 2 aliphatic heterocycles. The molecular weight excluding hydrogens is 334 g/mol.